The molecule has 1 amide bonds. The lowest BCUT2D eigenvalue weighted by atomic mass is 10.3. The number of nitrogen functional groups attached to an aromatic ring is 2. The first-order chi connectivity index (χ1) is 8.30. The number of aromatic nitrogens is 1. The second-order valence-electron chi connectivity index (χ2n) is 4.09. The van der Waals surface area contributed by atoms with E-state index >= 15 is 0 Å². The first-order valence-corrected chi connectivity index (χ1v) is 6.72. The molecule has 0 saturated carbocycles. The predicted octanol–water partition coefficient (Wildman–Crippen LogP) is -1.36. The van der Waals surface area contributed by atoms with Crippen molar-refractivity contribution in [3.8, 4) is 0 Å². The highest BCUT2D eigenvalue weighted by Crippen LogP contribution is 2.33. The van der Waals surface area contributed by atoms with Gasteiger partial charge in [-0.05, 0) is 0 Å². The molecule has 1 aliphatic heterocycles. The van der Waals surface area contributed by atoms with Crippen LogP contribution in [0.5, 0.6) is 0 Å². The summed E-state index contributed by atoms with van der Waals surface area (Å²) in [4.78, 5) is 16.8. The Balaban J connectivity index is 2.39. The third kappa shape index (κ3) is 2.09. The third-order valence-electron chi connectivity index (χ3n) is 2.80. The summed E-state index contributed by atoms with van der Waals surface area (Å²) in [7, 11) is -3.76. The highest BCUT2D eigenvalue weighted by atomic mass is 32.2. The van der Waals surface area contributed by atoms with Crippen LogP contribution in [0.1, 0.15) is 6.42 Å². The van der Waals surface area contributed by atoms with E-state index in [4.69, 9.17) is 16.6 Å². The van der Waals surface area contributed by atoms with Crippen molar-refractivity contribution in [2.45, 2.75) is 11.7 Å². The fourth-order valence-electron chi connectivity index (χ4n) is 1.91. The van der Waals surface area contributed by atoms with Crippen molar-refractivity contribution in [3.05, 3.63) is 12.4 Å². The van der Waals surface area contributed by atoms with E-state index in [-0.39, 0.29) is 30.2 Å². The van der Waals surface area contributed by atoms with Crippen LogP contribution in [0, 0.1) is 0 Å². The molecule has 0 spiro atoms. The molecule has 98 valence electrons. The van der Waals surface area contributed by atoms with Crippen LogP contribution in [-0.4, -0.2) is 31.1 Å². The summed E-state index contributed by atoms with van der Waals surface area (Å²) < 4.78 is 22.5. The SMILES string of the molecule is Nc1cncc(N)c1N1CC(S(N)(=O)=O)CC1=O. The van der Waals surface area contributed by atoms with Gasteiger partial charge >= 0.3 is 0 Å². The number of pyridine rings is 1. The minimum absolute atomic E-state index is 0.0456. The molecule has 6 N–H and O–H groups in total. The summed E-state index contributed by atoms with van der Waals surface area (Å²) in [6, 6.07) is 0. The van der Waals surface area contributed by atoms with Crippen LogP contribution >= 0.6 is 0 Å². The topological polar surface area (TPSA) is 145 Å². The normalized spacial score (nSPS) is 20.4. The third-order valence-corrected chi connectivity index (χ3v) is 4.04. The Kier molecular flexibility index (Phi) is 2.87. The fraction of sp³-hybridized carbons (Fsp3) is 0.333. The Morgan fingerprint density at radius 1 is 1.28 bits per heavy atom. The van der Waals surface area contributed by atoms with E-state index in [2.05, 4.69) is 4.98 Å². The average molecular weight is 271 g/mol. The number of hydrogen-bond acceptors (Lipinski definition) is 6. The average Bonchev–Trinajstić information content (AvgIpc) is 2.60. The van der Waals surface area contributed by atoms with Crippen LogP contribution in [0.2, 0.25) is 0 Å². The highest BCUT2D eigenvalue weighted by molar-refractivity contribution is 7.89. The van der Waals surface area contributed by atoms with E-state index in [1.807, 2.05) is 0 Å². The Morgan fingerprint density at radius 3 is 2.28 bits per heavy atom. The number of anilines is 3. The molecule has 1 saturated heterocycles. The largest absolute Gasteiger partial charge is 0.396 e. The second-order valence-corrected chi connectivity index (χ2v) is 5.93. The number of nitrogens with two attached hydrogens (primary N) is 3. The van der Waals surface area contributed by atoms with Crippen LogP contribution in [0.3, 0.4) is 0 Å². The Morgan fingerprint density at radius 2 is 1.83 bits per heavy atom. The smallest absolute Gasteiger partial charge is 0.228 e. The molecular weight excluding hydrogens is 258 g/mol. The lowest BCUT2D eigenvalue weighted by molar-refractivity contribution is -0.117. The monoisotopic (exact) mass is 271 g/mol. The van der Waals surface area contributed by atoms with Gasteiger partial charge in [-0.1, -0.05) is 0 Å². The molecule has 0 aliphatic carbocycles. The number of nitrogens with zero attached hydrogens (tertiary/aromatic N) is 2. The van der Waals surface area contributed by atoms with Gasteiger partial charge in [0.2, 0.25) is 15.9 Å². The zero-order valence-corrected chi connectivity index (χ0v) is 10.2. The number of primary sulfonamides is 1. The molecule has 1 fully saturated rings. The molecule has 18 heavy (non-hydrogen) atoms. The summed E-state index contributed by atoms with van der Waals surface area (Å²) in [6.45, 7) is -0.0456. The van der Waals surface area contributed by atoms with Gasteiger partial charge in [0.15, 0.2) is 0 Å². The number of carbonyl (C=O) groups excluding carboxylic acids is 1. The number of sulfonamides is 1. The molecule has 1 aromatic heterocycles. The van der Waals surface area contributed by atoms with Crippen molar-refractivity contribution < 1.29 is 13.2 Å². The standard InChI is InChI=1S/C9H13N5O3S/c10-6-2-13-3-7(11)9(6)14-4-5(1-8(14)15)18(12,16)17/h2-3,5H,1,4,10-11H2,(H2,12,16,17). The summed E-state index contributed by atoms with van der Waals surface area (Å²) in [6.07, 6.45) is 2.53. The van der Waals surface area contributed by atoms with Crippen molar-refractivity contribution in [1.29, 1.82) is 0 Å². The van der Waals surface area contributed by atoms with E-state index in [1.54, 1.807) is 0 Å². The lowest BCUT2D eigenvalue weighted by Gasteiger charge is -2.19. The first kappa shape index (κ1) is 12.6. The second kappa shape index (κ2) is 4.10. The minimum Gasteiger partial charge on any atom is -0.396 e. The van der Waals surface area contributed by atoms with Crippen molar-refractivity contribution >= 4 is 33.0 Å². The molecule has 1 aromatic rings. The number of amides is 1. The van der Waals surface area contributed by atoms with Crippen LogP contribution in [0.4, 0.5) is 17.1 Å². The Hall–Kier alpha value is -1.87. The van der Waals surface area contributed by atoms with Gasteiger partial charge in [0.05, 0.1) is 29.5 Å². The highest BCUT2D eigenvalue weighted by Gasteiger charge is 2.38. The number of hydrogen-bond donors (Lipinski definition) is 3. The van der Waals surface area contributed by atoms with Gasteiger partial charge in [-0.2, -0.15) is 0 Å². The summed E-state index contributed by atoms with van der Waals surface area (Å²) in [5.74, 6) is -0.376. The van der Waals surface area contributed by atoms with Crippen molar-refractivity contribution in [2.24, 2.45) is 5.14 Å². The minimum atomic E-state index is -3.76. The van der Waals surface area contributed by atoms with Gasteiger partial charge in [-0.3, -0.25) is 9.78 Å². The quantitative estimate of drug-likeness (QED) is 0.605. The molecule has 0 bridgehead atoms. The van der Waals surface area contributed by atoms with Crippen LogP contribution in [0.25, 0.3) is 0 Å². The van der Waals surface area contributed by atoms with Crippen LogP contribution in [0.15, 0.2) is 12.4 Å². The summed E-state index contributed by atoms with van der Waals surface area (Å²) in [5, 5.41) is 4.10. The van der Waals surface area contributed by atoms with E-state index < -0.39 is 15.3 Å². The molecule has 8 nitrogen and oxygen atoms in total. The maximum Gasteiger partial charge on any atom is 0.228 e. The molecule has 0 aromatic carbocycles. The van der Waals surface area contributed by atoms with Crippen molar-refractivity contribution in [1.82, 2.24) is 4.98 Å². The van der Waals surface area contributed by atoms with Crippen molar-refractivity contribution in [3.63, 3.8) is 0 Å². The number of carbonyl (C=O) groups is 1. The van der Waals surface area contributed by atoms with E-state index in [9.17, 15) is 13.2 Å². The van der Waals surface area contributed by atoms with Gasteiger partial charge in [0, 0.05) is 13.0 Å². The molecule has 2 heterocycles. The zero-order valence-electron chi connectivity index (χ0n) is 9.41. The Bertz CT molecular complexity index is 580. The molecule has 1 aliphatic rings. The van der Waals surface area contributed by atoms with Crippen molar-refractivity contribution in [2.75, 3.05) is 22.9 Å². The van der Waals surface area contributed by atoms with Gasteiger partial charge in [0.25, 0.3) is 0 Å². The van der Waals surface area contributed by atoms with E-state index in [0.29, 0.717) is 5.69 Å². The zero-order chi connectivity index (χ0) is 13.5. The molecule has 9 heteroatoms. The summed E-state index contributed by atoms with van der Waals surface area (Å²) in [5.41, 5.74) is 12.1. The van der Waals surface area contributed by atoms with Gasteiger partial charge in [-0.25, -0.2) is 13.6 Å². The molecule has 2 rings (SSSR count). The van der Waals surface area contributed by atoms with Crippen LogP contribution < -0.4 is 21.5 Å². The predicted molar refractivity (Wildman–Crippen MR) is 66.9 cm³/mol. The van der Waals surface area contributed by atoms with Gasteiger partial charge in [-0.15, -0.1) is 0 Å². The van der Waals surface area contributed by atoms with Gasteiger partial charge < -0.3 is 16.4 Å². The first-order valence-electron chi connectivity index (χ1n) is 5.11. The Labute approximate surface area is 104 Å². The lowest BCUT2D eigenvalue weighted by Crippen LogP contribution is -2.32. The van der Waals surface area contributed by atoms with Gasteiger partial charge in [0.1, 0.15) is 5.25 Å². The molecule has 1 atom stereocenters. The molecule has 1 unspecified atom stereocenters. The molecule has 0 radical (unpaired) electrons. The maximum absolute atomic E-state index is 11.8. The summed E-state index contributed by atoms with van der Waals surface area (Å²) >= 11 is 0. The van der Waals surface area contributed by atoms with E-state index in [1.165, 1.54) is 17.3 Å². The molecular formula is C9H13N5O3S. The fourth-order valence-corrected chi connectivity index (χ4v) is 2.64. The van der Waals surface area contributed by atoms with E-state index in [0.717, 1.165) is 0 Å². The maximum atomic E-state index is 11.8. The van der Waals surface area contributed by atoms with Crippen LogP contribution in [-0.2, 0) is 14.8 Å². The number of rotatable bonds is 2.